The Labute approximate surface area is 161 Å². The highest BCUT2D eigenvalue weighted by atomic mass is 16.6. The predicted molar refractivity (Wildman–Crippen MR) is 101 cm³/mol. The molecule has 2 aromatic heterocycles. The number of fused-ring (bicyclic) bond motifs is 1. The maximum atomic E-state index is 10.9. The van der Waals surface area contributed by atoms with Crippen LogP contribution < -0.4 is 5.73 Å². The van der Waals surface area contributed by atoms with Crippen LogP contribution in [0.3, 0.4) is 0 Å². The molecule has 0 spiro atoms. The van der Waals surface area contributed by atoms with Crippen molar-refractivity contribution in [2.75, 3.05) is 12.3 Å². The van der Waals surface area contributed by atoms with E-state index in [0.29, 0.717) is 24.0 Å². The second-order valence-corrected chi connectivity index (χ2v) is 7.00. The molecule has 0 amide bonds. The minimum absolute atomic E-state index is 0.218. The number of hydrogen-bond donors (Lipinski definition) is 4. The number of anilines is 1. The summed E-state index contributed by atoms with van der Waals surface area (Å²) in [5.41, 5.74) is 6.51. The van der Waals surface area contributed by atoms with Crippen molar-refractivity contribution >= 4 is 17.0 Å². The molecule has 5 N–H and O–H groups in total. The standard InChI is InChI=1S/C19H23N5O4/c20-17-14-18(22-10-21-17)24(11-23-14)19(16(27)15(26)13(9-25)28-19)8-4-7-12-5-2-1-3-6-12/h1-3,5-6,10-11,13,15-16,25-27H,4,7-9H2,(H2,20,21,22)/t13-,15-,16-,19-/m1/s1. The molecule has 0 unspecified atom stereocenters. The van der Waals surface area contributed by atoms with Gasteiger partial charge in [-0.1, -0.05) is 30.3 Å². The van der Waals surface area contributed by atoms with Crippen molar-refractivity contribution in [3.05, 3.63) is 48.5 Å². The molecule has 1 aromatic carbocycles. The van der Waals surface area contributed by atoms with Crippen molar-refractivity contribution in [2.45, 2.75) is 43.3 Å². The Hall–Kier alpha value is -2.59. The van der Waals surface area contributed by atoms with E-state index in [4.69, 9.17) is 10.5 Å². The molecule has 148 valence electrons. The first-order valence-electron chi connectivity index (χ1n) is 9.19. The molecule has 4 rings (SSSR count). The van der Waals surface area contributed by atoms with Gasteiger partial charge in [-0.3, -0.25) is 4.57 Å². The average molecular weight is 385 g/mol. The van der Waals surface area contributed by atoms with Gasteiger partial charge in [0.15, 0.2) is 17.2 Å². The first-order chi connectivity index (χ1) is 13.6. The number of aryl methyl sites for hydroxylation is 1. The number of aliphatic hydroxyl groups excluding tert-OH is 3. The van der Waals surface area contributed by atoms with Gasteiger partial charge in [-0.25, -0.2) is 15.0 Å². The number of nitrogen functional groups attached to an aromatic ring is 1. The maximum absolute atomic E-state index is 10.9. The van der Waals surface area contributed by atoms with Crippen LogP contribution in [0.1, 0.15) is 18.4 Å². The topological polar surface area (TPSA) is 140 Å². The second kappa shape index (κ2) is 7.44. The van der Waals surface area contributed by atoms with Crippen molar-refractivity contribution < 1.29 is 20.1 Å². The first kappa shape index (κ1) is 18.8. The number of aliphatic hydroxyl groups is 3. The highest BCUT2D eigenvalue weighted by molar-refractivity contribution is 5.81. The molecule has 0 bridgehead atoms. The van der Waals surface area contributed by atoms with E-state index < -0.39 is 30.6 Å². The SMILES string of the molecule is Nc1ncnc2c1ncn2[C@]1(CCCc2ccccc2)O[C@H](CO)[C@@H](O)[C@H]1O. The van der Waals surface area contributed by atoms with Crippen molar-refractivity contribution in [2.24, 2.45) is 0 Å². The highest BCUT2D eigenvalue weighted by Gasteiger charge is 2.55. The minimum atomic E-state index is -1.32. The zero-order chi connectivity index (χ0) is 19.7. The van der Waals surface area contributed by atoms with Crippen LogP contribution in [0.25, 0.3) is 11.2 Å². The summed E-state index contributed by atoms with van der Waals surface area (Å²) in [6.45, 7) is -0.414. The lowest BCUT2D eigenvalue weighted by Gasteiger charge is -2.34. The van der Waals surface area contributed by atoms with Gasteiger partial charge in [-0.15, -0.1) is 0 Å². The molecule has 1 aliphatic rings. The number of aromatic nitrogens is 4. The number of nitrogens with zero attached hydrogens (tertiary/aromatic N) is 4. The van der Waals surface area contributed by atoms with Crippen molar-refractivity contribution in [1.29, 1.82) is 0 Å². The molecule has 3 heterocycles. The fourth-order valence-corrected chi connectivity index (χ4v) is 3.86. The lowest BCUT2D eigenvalue weighted by molar-refractivity contribution is -0.151. The quantitative estimate of drug-likeness (QED) is 0.472. The summed E-state index contributed by atoms with van der Waals surface area (Å²) in [5.74, 6) is 0.218. The van der Waals surface area contributed by atoms with E-state index in [-0.39, 0.29) is 5.82 Å². The fraction of sp³-hybridized carbons (Fsp3) is 0.421. The average Bonchev–Trinajstić information content (AvgIpc) is 3.25. The molecule has 28 heavy (non-hydrogen) atoms. The van der Waals surface area contributed by atoms with Gasteiger partial charge >= 0.3 is 0 Å². The van der Waals surface area contributed by atoms with Gasteiger partial charge in [0, 0.05) is 0 Å². The monoisotopic (exact) mass is 385 g/mol. The van der Waals surface area contributed by atoms with E-state index in [1.165, 1.54) is 12.7 Å². The molecule has 0 saturated carbocycles. The molecule has 9 nitrogen and oxygen atoms in total. The summed E-state index contributed by atoms with van der Waals surface area (Å²) in [6, 6.07) is 9.97. The Balaban J connectivity index is 1.70. The molecule has 3 aromatic rings. The highest BCUT2D eigenvalue weighted by Crippen LogP contribution is 2.41. The zero-order valence-corrected chi connectivity index (χ0v) is 15.2. The fourth-order valence-electron chi connectivity index (χ4n) is 3.86. The number of rotatable bonds is 6. The number of nitrogens with two attached hydrogens (primary N) is 1. The Morgan fingerprint density at radius 2 is 1.93 bits per heavy atom. The van der Waals surface area contributed by atoms with E-state index in [0.717, 1.165) is 12.0 Å². The largest absolute Gasteiger partial charge is 0.394 e. The molecule has 4 atom stereocenters. The van der Waals surface area contributed by atoms with Crippen LogP contribution in [0.15, 0.2) is 43.0 Å². The van der Waals surface area contributed by atoms with Crippen LogP contribution in [0, 0.1) is 0 Å². The van der Waals surface area contributed by atoms with E-state index in [1.807, 2.05) is 30.3 Å². The van der Waals surface area contributed by atoms with E-state index >= 15 is 0 Å². The number of benzene rings is 1. The summed E-state index contributed by atoms with van der Waals surface area (Å²) in [4.78, 5) is 12.4. The van der Waals surface area contributed by atoms with Crippen LogP contribution in [-0.4, -0.2) is 59.8 Å². The van der Waals surface area contributed by atoms with Gasteiger partial charge in [0.1, 0.15) is 30.2 Å². The summed E-state index contributed by atoms with van der Waals surface area (Å²) in [6.07, 6.45) is 1.19. The Morgan fingerprint density at radius 1 is 1.14 bits per heavy atom. The lowest BCUT2D eigenvalue weighted by atomic mass is 9.95. The lowest BCUT2D eigenvalue weighted by Crippen LogP contribution is -2.45. The van der Waals surface area contributed by atoms with Gasteiger partial charge in [-0.05, 0) is 24.8 Å². The van der Waals surface area contributed by atoms with Gasteiger partial charge in [0.05, 0.1) is 12.9 Å². The number of imidazole rings is 1. The van der Waals surface area contributed by atoms with E-state index in [9.17, 15) is 15.3 Å². The molecular formula is C19H23N5O4. The molecule has 9 heteroatoms. The summed E-state index contributed by atoms with van der Waals surface area (Å²) < 4.78 is 7.62. The van der Waals surface area contributed by atoms with Crippen LogP contribution >= 0.6 is 0 Å². The van der Waals surface area contributed by atoms with Crippen LogP contribution in [0.4, 0.5) is 5.82 Å². The van der Waals surface area contributed by atoms with E-state index in [1.54, 1.807) is 4.57 Å². The van der Waals surface area contributed by atoms with Gasteiger partial charge in [-0.2, -0.15) is 0 Å². The van der Waals surface area contributed by atoms with Crippen LogP contribution in [-0.2, 0) is 16.9 Å². The summed E-state index contributed by atoms with van der Waals surface area (Å²) in [5, 5.41) is 30.9. The molecule has 0 radical (unpaired) electrons. The van der Waals surface area contributed by atoms with Gasteiger partial charge in [0.25, 0.3) is 0 Å². The molecule has 1 aliphatic heterocycles. The van der Waals surface area contributed by atoms with Gasteiger partial charge < -0.3 is 25.8 Å². The van der Waals surface area contributed by atoms with Crippen molar-refractivity contribution in [3.8, 4) is 0 Å². The Morgan fingerprint density at radius 3 is 2.64 bits per heavy atom. The van der Waals surface area contributed by atoms with Crippen LogP contribution in [0.5, 0.6) is 0 Å². The summed E-state index contributed by atoms with van der Waals surface area (Å²) >= 11 is 0. The number of hydrogen-bond acceptors (Lipinski definition) is 8. The third-order valence-electron chi connectivity index (χ3n) is 5.31. The molecule has 0 aliphatic carbocycles. The Kier molecular flexibility index (Phi) is 4.98. The van der Waals surface area contributed by atoms with Crippen molar-refractivity contribution in [3.63, 3.8) is 0 Å². The molecular weight excluding hydrogens is 362 g/mol. The maximum Gasteiger partial charge on any atom is 0.176 e. The van der Waals surface area contributed by atoms with Gasteiger partial charge in [0.2, 0.25) is 0 Å². The predicted octanol–water partition coefficient (Wildman–Crippen LogP) is 0.197. The van der Waals surface area contributed by atoms with E-state index in [2.05, 4.69) is 15.0 Å². The second-order valence-electron chi connectivity index (χ2n) is 7.00. The molecule has 1 fully saturated rings. The smallest absolute Gasteiger partial charge is 0.176 e. The third-order valence-corrected chi connectivity index (χ3v) is 5.31. The first-order valence-corrected chi connectivity index (χ1v) is 9.19. The Bertz CT molecular complexity index is 950. The number of ether oxygens (including phenoxy) is 1. The van der Waals surface area contributed by atoms with Crippen LogP contribution in [0.2, 0.25) is 0 Å². The molecule has 1 saturated heterocycles. The normalized spacial score (nSPS) is 27.5. The van der Waals surface area contributed by atoms with Crippen molar-refractivity contribution in [1.82, 2.24) is 19.5 Å². The summed E-state index contributed by atoms with van der Waals surface area (Å²) in [7, 11) is 0. The third kappa shape index (κ3) is 3.02. The minimum Gasteiger partial charge on any atom is -0.394 e. The zero-order valence-electron chi connectivity index (χ0n) is 15.2.